The summed E-state index contributed by atoms with van der Waals surface area (Å²) < 4.78 is 6.57. The van der Waals surface area contributed by atoms with Crippen LogP contribution in [-0.4, -0.2) is 0 Å². The summed E-state index contributed by atoms with van der Waals surface area (Å²) in [4.78, 5) is 2.64. The summed E-state index contributed by atoms with van der Waals surface area (Å²) in [5.41, 5.74) is 22.4. The van der Waals surface area contributed by atoms with E-state index in [4.69, 9.17) is 4.42 Å². The van der Waals surface area contributed by atoms with Gasteiger partial charge in [0.1, 0.15) is 11.2 Å². The van der Waals surface area contributed by atoms with Gasteiger partial charge in [0, 0.05) is 33.9 Å². The zero-order chi connectivity index (χ0) is 44.5. The number of anilines is 3. The molecule has 0 atom stereocenters. The summed E-state index contributed by atoms with van der Waals surface area (Å²) in [5.74, 6) is 0. The number of rotatable bonds is 7. The molecular weight excluding hydrogens is 787 g/mol. The molecule has 9 aromatic carbocycles. The minimum Gasteiger partial charge on any atom is -0.456 e. The van der Waals surface area contributed by atoms with E-state index in [0.29, 0.717) is 0 Å². The molecule has 0 fully saturated rings. The molecule has 0 bridgehead atoms. The first-order valence-corrected chi connectivity index (χ1v) is 23.0. The molecule has 1 heterocycles. The fourth-order valence-corrected chi connectivity index (χ4v) is 10.5. The van der Waals surface area contributed by atoms with Crippen molar-refractivity contribution in [2.45, 2.75) is 58.8 Å². The zero-order valence-electron chi connectivity index (χ0n) is 38.1. The molecule has 1 aliphatic rings. The number of furan rings is 1. The summed E-state index contributed by atoms with van der Waals surface area (Å²) in [7, 11) is 0. The third kappa shape index (κ3) is 6.87. The van der Waals surface area contributed by atoms with E-state index < -0.39 is 0 Å². The molecule has 0 aliphatic heterocycles. The van der Waals surface area contributed by atoms with Crippen LogP contribution in [0.3, 0.4) is 0 Å². The lowest BCUT2D eigenvalue weighted by atomic mass is 9.76. The standard InChI is InChI=1S/C63H53NO/c1-62(2,3)53-33-17-12-28-45(53)51-40-50-43-26-11-10-25-42(43)39-52(50)61(60(51)48-30-13-18-34-54(48)63(4,5)6)64(55-35-19-14-27-44(55)41-23-8-7-9-24-41)56-36-20-15-29-46(56)47-32-22-38-58-59(47)49-31-16-21-37-57(49)65-58/h7-38,40H,39H2,1-6H3. The highest BCUT2D eigenvalue weighted by molar-refractivity contribution is 6.15. The molecule has 0 saturated heterocycles. The Morgan fingerprint density at radius 1 is 0.400 bits per heavy atom. The monoisotopic (exact) mass is 839 g/mol. The third-order valence-corrected chi connectivity index (χ3v) is 13.4. The highest BCUT2D eigenvalue weighted by atomic mass is 16.3. The topological polar surface area (TPSA) is 16.4 Å². The summed E-state index contributed by atoms with van der Waals surface area (Å²) in [6, 6.07) is 73.8. The molecule has 65 heavy (non-hydrogen) atoms. The molecule has 0 amide bonds. The maximum absolute atomic E-state index is 6.57. The van der Waals surface area contributed by atoms with E-state index in [0.717, 1.165) is 56.4 Å². The van der Waals surface area contributed by atoms with Gasteiger partial charge < -0.3 is 9.32 Å². The summed E-state index contributed by atoms with van der Waals surface area (Å²) in [6.45, 7) is 14.1. The first kappa shape index (κ1) is 40.4. The van der Waals surface area contributed by atoms with Crippen LogP contribution in [0, 0.1) is 0 Å². The summed E-state index contributed by atoms with van der Waals surface area (Å²) in [6.07, 6.45) is 0.806. The minimum atomic E-state index is -0.153. The number of fused-ring (bicyclic) bond motifs is 6. The second kappa shape index (κ2) is 15.7. The normalized spacial score (nSPS) is 12.4. The molecule has 1 aromatic heterocycles. The fraction of sp³-hybridized carbons (Fsp3) is 0.143. The van der Waals surface area contributed by atoms with Gasteiger partial charge in [0.25, 0.3) is 0 Å². The van der Waals surface area contributed by atoms with Crippen molar-refractivity contribution in [2.75, 3.05) is 4.90 Å². The van der Waals surface area contributed by atoms with Crippen molar-refractivity contribution >= 4 is 39.0 Å². The van der Waals surface area contributed by atoms with Crippen molar-refractivity contribution < 1.29 is 4.42 Å². The quantitative estimate of drug-likeness (QED) is 0.159. The summed E-state index contributed by atoms with van der Waals surface area (Å²) in [5, 5.41) is 2.23. The molecule has 0 spiro atoms. The van der Waals surface area contributed by atoms with Gasteiger partial charge in [-0.1, -0.05) is 211 Å². The maximum Gasteiger partial charge on any atom is 0.136 e. The van der Waals surface area contributed by atoms with Gasteiger partial charge in [-0.3, -0.25) is 0 Å². The van der Waals surface area contributed by atoms with E-state index in [2.05, 4.69) is 247 Å². The predicted octanol–water partition coefficient (Wildman–Crippen LogP) is 17.9. The van der Waals surface area contributed by atoms with Crippen LogP contribution in [0.4, 0.5) is 17.1 Å². The summed E-state index contributed by atoms with van der Waals surface area (Å²) >= 11 is 0. The van der Waals surface area contributed by atoms with Crippen LogP contribution < -0.4 is 4.90 Å². The van der Waals surface area contributed by atoms with E-state index in [1.165, 1.54) is 66.9 Å². The lowest BCUT2D eigenvalue weighted by molar-refractivity contribution is 0.591. The van der Waals surface area contributed by atoms with Crippen molar-refractivity contribution in [1.82, 2.24) is 0 Å². The van der Waals surface area contributed by atoms with Crippen LogP contribution in [-0.2, 0) is 17.3 Å². The number of hydrogen-bond acceptors (Lipinski definition) is 2. The van der Waals surface area contributed by atoms with Gasteiger partial charge in [0.15, 0.2) is 0 Å². The molecule has 2 nitrogen and oxygen atoms in total. The maximum atomic E-state index is 6.57. The second-order valence-corrected chi connectivity index (χ2v) is 19.6. The Morgan fingerprint density at radius 2 is 0.923 bits per heavy atom. The number of benzene rings is 9. The second-order valence-electron chi connectivity index (χ2n) is 19.6. The van der Waals surface area contributed by atoms with Gasteiger partial charge in [0.05, 0.1) is 17.1 Å². The van der Waals surface area contributed by atoms with Crippen LogP contribution >= 0.6 is 0 Å². The Balaban J connectivity index is 1.36. The number of nitrogens with zero attached hydrogens (tertiary/aromatic N) is 1. The molecule has 1 aliphatic carbocycles. The zero-order valence-corrected chi connectivity index (χ0v) is 38.1. The van der Waals surface area contributed by atoms with E-state index in [9.17, 15) is 0 Å². The molecule has 10 aromatic rings. The first-order valence-electron chi connectivity index (χ1n) is 23.0. The Kier molecular flexibility index (Phi) is 9.74. The molecular formula is C63H53NO. The highest BCUT2D eigenvalue weighted by Gasteiger charge is 2.35. The molecule has 11 rings (SSSR count). The molecule has 0 N–H and O–H groups in total. The number of hydrogen-bond donors (Lipinski definition) is 0. The Morgan fingerprint density at radius 3 is 1.65 bits per heavy atom. The van der Waals surface area contributed by atoms with Gasteiger partial charge in [-0.2, -0.15) is 0 Å². The van der Waals surface area contributed by atoms with E-state index in [-0.39, 0.29) is 10.8 Å². The van der Waals surface area contributed by atoms with Crippen molar-refractivity contribution in [3.63, 3.8) is 0 Å². The van der Waals surface area contributed by atoms with E-state index >= 15 is 0 Å². The van der Waals surface area contributed by atoms with Gasteiger partial charge >= 0.3 is 0 Å². The van der Waals surface area contributed by atoms with Gasteiger partial charge in [-0.25, -0.2) is 0 Å². The van der Waals surface area contributed by atoms with E-state index in [1.807, 2.05) is 0 Å². The van der Waals surface area contributed by atoms with Crippen molar-refractivity contribution in [3.8, 4) is 55.6 Å². The van der Waals surface area contributed by atoms with Crippen molar-refractivity contribution in [1.29, 1.82) is 0 Å². The van der Waals surface area contributed by atoms with Crippen LogP contribution in [0.2, 0.25) is 0 Å². The van der Waals surface area contributed by atoms with Crippen LogP contribution in [0.5, 0.6) is 0 Å². The van der Waals surface area contributed by atoms with Crippen LogP contribution in [0.25, 0.3) is 77.6 Å². The Labute approximate surface area is 383 Å². The average Bonchev–Trinajstić information content (AvgIpc) is 3.90. The smallest absolute Gasteiger partial charge is 0.136 e. The molecule has 2 heteroatoms. The molecule has 0 unspecified atom stereocenters. The fourth-order valence-electron chi connectivity index (χ4n) is 10.5. The first-order chi connectivity index (χ1) is 31.6. The lowest BCUT2D eigenvalue weighted by Gasteiger charge is -2.36. The largest absolute Gasteiger partial charge is 0.456 e. The number of para-hydroxylation sites is 3. The predicted molar refractivity (Wildman–Crippen MR) is 276 cm³/mol. The van der Waals surface area contributed by atoms with Gasteiger partial charge in [-0.15, -0.1) is 0 Å². The van der Waals surface area contributed by atoms with E-state index in [1.54, 1.807) is 0 Å². The highest BCUT2D eigenvalue weighted by Crippen LogP contribution is 2.58. The van der Waals surface area contributed by atoms with Gasteiger partial charge in [0.2, 0.25) is 0 Å². The van der Waals surface area contributed by atoms with Gasteiger partial charge in [-0.05, 0) is 102 Å². The third-order valence-electron chi connectivity index (χ3n) is 13.4. The lowest BCUT2D eigenvalue weighted by Crippen LogP contribution is -2.19. The Bertz CT molecular complexity index is 3430. The molecule has 316 valence electrons. The average molecular weight is 840 g/mol. The van der Waals surface area contributed by atoms with Crippen molar-refractivity contribution in [3.05, 3.63) is 222 Å². The molecule has 0 radical (unpaired) electrons. The Hall–Kier alpha value is -7.42. The molecule has 0 saturated carbocycles. The SMILES string of the molecule is CC(C)(C)c1ccccc1-c1cc2c(c(N(c3ccccc3-c3ccccc3)c3ccccc3-c3cccc4oc5ccccc5c34)c1-c1ccccc1C(C)(C)C)Cc1ccccc1-2. The van der Waals surface area contributed by atoms with Crippen LogP contribution in [0.15, 0.2) is 205 Å². The van der Waals surface area contributed by atoms with Crippen molar-refractivity contribution in [2.24, 2.45) is 0 Å². The minimum absolute atomic E-state index is 0.118. The van der Waals surface area contributed by atoms with Crippen LogP contribution in [0.1, 0.15) is 63.8 Å².